The van der Waals surface area contributed by atoms with E-state index >= 15 is 0 Å². The number of nitrogens with one attached hydrogen (secondary N) is 1. The Morgan fingerprint density at radius 1 is 1.22 bits per heavy atom. The topological polar surface area (TPSA) is 81.1 Å². The fraction of sp³-hybridized carbons (Fsp3) is 0.438. The van der Waals surface area contributed by atoms with Gasteiger partial charge in [-0.3, -0.25) is 0 Å². The summed E-state index contributed by atoms with van der Waals surface area (Å²) in [5, 5.41) is 7.40. The van der Waals surface area contributed by atoms with Gasteiger partial charge in [0, 0.05) is 6.04 Å². The minimum atomic E-state index is 0. The van der Waals surface area contributed by atoms with Gasteiger partial charge in [0.05, 0.1) is 13.1 Å². The summed E-state index contributed by atoms with van der Waals surface area (Å²) in [6.07, 6.45) is 8.24. The minimum absolute atomic E-state index is 0. The third-order valence-electron chi connectivity index (χ3n) is 3.97. The van der Waals surface area contributed by atoms with Crippen LogP contribution in [0.1, 0.15) is 36.8 Å². The lowest BCUT2D eigenvalue weighted by Gasteiger charge is -2.12. The second-order valence-electron chi connectivity index (χ2n) is 5.74. The van der Waals surface area contributed by atoms with Crippen LogP contribution in [-0.2, 0) is 13.1 Å². The Morgan fingerprint density at radius 2 is 1.91 bits per heavy atom. The highest BCUT2D eigenvalue weighted by Crippen LogP contribution is 2.17. The smallest absolute Gasteiger partial charge is 0.189 e. The first-order chi connectivity index (χ1) is 10.8. The Hall–Kier alpha value is -1.64. The molecule has 1 aromatic heterocycles. The molecular weight excluding hydrogens is 403 g/mol. The lowest BCUT2D eigenvalue weighted by atomic mass is 10.1. The number of aliphatic imine (C=N–C) groups is 1. The summed E-state index contributed by atoms with van der Waals surface area (Å²) in [4.78, 5) is 8.36. The molecule has 0 unspecified atom stereocenters. The predicted octanol–water partition coefficient (Wildman–Crippen LogP) is 2.29. The van der Waals surface area contributed by atoms with E-state index < -0.39 is 0 Å². The Labute approximate surface area is 153 Å². The van der Waals surface area contributed by atoms with Gasteiger partial charge in [0.1, 0.15) is 12.7 Å². The van der Waals surface area contributed by atoms with Crippen LogP contribution in [0.5, 0.6) is 0 Å². The molecule has 1 aliphatic carbocycles. The van der Waals surface area contributed by atoms with E-state index in [1.807, 2.05) is 0 Å². The van der Waals surface area contributed by atoms with Crippen molar-refractivity contribution in [2.24, 2.45) is 10.7 Å². The fourth-order valence-corrected chi connectivity index (χ4v) is 2.75. The number of hydrogen-bond donors (Lipinski definition) is 2. The van der Waals surface area contributed by atoms with E-state index in [0.717, 1.165) is 12.1 Å². The summed E-state index contributed by atoms with van der Waals surface area (Å²) in [6, 6.07) is 8.85. The number of rotatable bonds is 5. The number of hydrogen-bond acceptors (Lipinski definition) is 3. The van der Waals surface area contributed by atoms with Crippen LogP contribution in [0.2, 0.25) is 0 Å². The van der Waals surface area contributed by atoms with Gasteiger partial charge in [-0.15, -0.1) is 24.0 Å². The molecule has 23 heavy (non-hydrogen) atoms. The van der Waals surface area contributed by atoms with E-state index in [2.05, 4.69) is 44.7 Å². The second-order valence-corrected chi connectivity index (χ2v) is 5.74. The van der Waals surface area contributed by atoms with E-state index in [9.17, 15) is 0 Å². The third kappa shape index (κ3) is 5.49. The third-order valence-corrected chi connectivity index (χ3v) is 3.97. The monoisotopic (exact) mass is 426 g/mol. The maximum atomic E-state index is 5.94. The number of halogens is 1. The Kier molecular flexibility index (Phi) is 6.82. The molecule has 1 aliphatic rings. The number of guanidine groups is 1. The van der Waals surface area contributed by atoms with Gasteiger partial charge in [0.25, 0.3) is 0 Å². The summed E-state index contributed by atoms with van der Waals surface area (Å²) in [5.41, 5.74) is 8.28. The molecule has 6 nitrogen and oxygen atoms in total. The van der Waals surface area contributed by atoms with Gasteiger partial charge in [-0.2, -0.15) is 5.10 Å². The summed E-state index contributed by atoms with van der Waals surface area (Å²) < 4.78 is 1.80. The summed E-state index contributed by atoms with van der Waals surface area (Å²) in [7, 11) is 0. The van der Waals surface area contributed by atoms with Crippen molar-refractivity contribution in [3.05, 3.63) is 48.0 Å². The van der Waals surface area contributed by atoms with Crippen LogP contribution in [0.4, 0.5) is 0 Å². The van der Waals surface area contributed by atoms with Crippen LogP contribution in [0.25, 0.3) is 0 Å². The molecule has 0 radical (unpaired) electrons. The van der Waals surface area contributed by atoms with Crippen molar-refractivity contribution in [3.8, 4) is 0 Å². The lowest BCUT2D eigenvalue weighted by molar-refractivity contribution is 0.625. The van der Waals surface area contributed by atoms with Crippen LogP contribution in [0.15, 0.2) is 41.9 Å². The van der Waals surface area contributed by atoms with E-state index in [0.29, 0.717) is 18.5 Å². The van der Waals surface area contributed by atoms with Crippen LogP contribution in [-0.4, -0.2) is 26.8 Å². The minimum Gasteiger partial charge on any atom is -0.370 e. The number of nitrogens with zero attached hydrogens (tertiary/aromatic N) is 4. The molecular formula is C16H23IN6. The fourth-order valence-electron chi connectivity index (χ4n) is 2.75. The van der Waals surface area contributed by atoms with Crippen molar-refractivity contribution in [2.45, 2.75) is 44.8 Å². The zero-order valence-corrected chi connectivity index (χ0v) is 15.4. The largest absolute Gasteiger partial charge is 0.370 e. The zero-order chi connectivity index (χ0) is 15.2. The highest BCUT2D eigenvalue weighted by atomic mass is 127. The molecule has 7 heteroatoms. The number of aromatic nitrogens is 3. The molecule has 0 spiro atoms. The van der Waals surface area contributed by atoms with Gasteiger partial charge < -0.3 is 11.1 Å². The van der Waals surface area contributed by atoms with Crippen LogP contribution >= 0.6 is 24.0 Å². The average Bonchev–Trinajstić information content (AvgIpc) is 3.20. The standard InChI is InChI=1S/C16H22N6.HI/c17-16(21-15-3-1-2-4-15)19-9-13-5-7-14(8-6-13)10-22-12-18-11-20-22;/h5-8,11-12,15H,1-4,9-10H2,(H3,17,19,21);1H. The Morgan fingerprint density at radius 3 is 2.57 bits per heavy atom. The van der Waals surface area contributed by atoms with E-state index in [4.69, 9.17) is 5.73 Å². The van der Waals surface area contributed by atoms with E-state index in [1.165, 1.54) is 31.2 Å². The lowest BCUT2D eigenvalue weighted by Crippen LogP contribution is -2.38. The van der Waals surface area contributed by atoms with Crippen molar-refractivity contribution < 1.29 is 0 Å². The van der Waals surface area contributed by atoms with Crippen molar-refractivity contribution >= 4 is 29.9 Å². The molecule has 1 saturated carbocycles. The van der Waals surface area contributed by atoms with Gasteiger partial charge in [-0.25, -0.2) is 14.7 Å². The van der Waals surface area contributed by atoms with Crippen LogP contribution in [0.3, 0.4) is 0 Å². The van der Waals surface area contributed by atoms with Gasteiger partial charge in [0.15, 0.2) is 5.96 Å². The van der Waals surface area contributed by atoms with Crippen molar-refractivity contribution in [3.63, 3.8) is 0 Å². The quantitative estimate of drug-likeness (QED) is 0.437. The number of benzene rings is 1. The first-order valence-electron chi connectivity index (χ1n) is 7.76. The maximum absolute atomic E-state index is 5.94. The first-order valence-corrected chi connectivity index (χ1v) is 7.76. The van der Waals surface area contributed by atoms with Crippen molar-refractivity contribution in [1.29, 1.82) is 0 Å². The summed E-state index contributed by atoms with van der Waals surface area (Å²) in [6.45, 7) is 1.34. The molecule has 0 aliphatic heterocycles. The normalized spacial score (nSPS) is 15.4. The molecule has 1 heterocycles. The average molecular weight is 426 g/mol. The van der Waals surface area contributed by atoms with E-state index in [-0.39, 0.29) is 24.0 Å². The molecule has 3 N–H and O–H groups in total. The highest BCUT2D eigenvalue weighted by Gasteiger charge is 2.14. The molecule has 0 amide bonds. The summed E-state index contributed by atoms with van der Waals surface area (Å²) in [5.74, 6) is 0.554. The van der Waals surface area contributed by atoms with Crippen LogP contribution < -0.4 is 11.1 Å². The van der Waals surface area contributed by atoms with Crippen molar-refractivity contribution in [1.82, 2.24) is 20.1 Å². The second kappa shape index (κ2) is 8.85. The van der Waals surface area contributed by atoms with Gasteiger partial charge in [-0.05, 0) is 24.0 Å². The zero-order valence-electron chi connectivity index (χ0n) is 13.1. The Bertz CT molecular complexity index is 602. The first kappa shape index (κ1) is 17.7. The molecule has 0 saturated heterocycles. The predicted molar refractivity (Wildman–Crippen MR) is 102 cm³/mol. The van der Waals surface area contributed by atoms with Gasteiger partial charge in [-0.1, -0.05) is 37.1 Å². The molecule has 0 atom stereocenters. The van der Waals surface area contributed by atoms with E-state index in [1.54, 1.807) is 17.3 Å². The summed E-state index contributed by atoms with van der Waals surface area (Å²) >= 11 is 0. The van der Waals surface area contributed by atoms with Crippen LogP contribution in [0, 0.1) is 0 Å². The molecule has 124 valence electrons. The maximum Gasteiger partial charge on any atom is 0.189 e. The highest BCUT2D eigenvalue weighted by molar-refractivity contribution is 14.0. The molecule has 2 aromatic rings. The number of nitrogens with two attached hydrogens (primary N) is 1. The molecule has 3 rings (SSSR count). The van der Waals surface area contributed by atoms with Gasteiger partial charge in [0.2, 0.25) is 0 Å². The molecule has 1 aromatic carbocycles. The Balaban J connectivity index is 0.00000192. The SMILES string of the molecule is I.NC(=NCc1ccc(Cn2cncn2)cc1)NC1CCCC1. The van der Waals surface area contributed by atoms with Crippen molar-refractivity contribution in [2.75, 3.05) is 0 Å². The molecule has 0 bridgehead atoms. The molecule has 1 fully saturated rings. The van der Waals surface area contributed by atoms with Gasteiger partial charge >= 0.3 is 0 Å².